The van der Waals surface area contributed by atoms with Crippen molar-refractivity contribution in [3.8, 4) is 6.07 Å². The van der Waals surface area contributed by atoms with Gasteiger partial charge in [0.05, 0.1) is 6.07 Å². The number of benzene rings is 1. The molecule has 8 heteroatoms. The highest BCUT2D eigenvalue weighted by atomic mass is 16.7. The maximum absolute atomic E-state index is 12.2. The van der Waals surface area contributed by atoms with E-state index in [4.69, 9.17) is 10.00 Å². The minimum Gasteiger partial charge on any atom is -0.445 e. The van der Waals surface area contributed by atoms with Gasteiger partial charge in [-0.15, -0.1) is 0 Å². The van der Waals surface area contributed by atoms with E-state index in [0.29, 0.717) is 12.8 Å². The van der Waals surface area contributed by atoms with E-state index in [9.17, 15) is 14.4 Å². The van der Waals surface area contributed by atoms with Crippen LogP contribution in [0.3, 0.4) is 0 Å². The number of rotatable bonds is 9. The van der Waals surface area contributed by atoms with Gasteiger partial charge >= 0.3 is 12.1 Å². The molecule has 0 heterocycles. The molecule has 1 aromatic rings. The van der Waals surface area contributed by atoms with Gasteiger partial charge in [-0.2, -0.15) is 10.7 Å². The minimum atomic E-state index is -0.903. The second-order valence-electron chi connectivity index (χ2n) is 6.34. The van der Waals surface area contributed by atoms with Gasteiger partial charge in [0.15, 0.2) is 0 Å². The van der Waals surface area contributed by atoms with Crippen molar-refractivity contribution in [3.63, 3.8) is 0 Å². The molecule has 0 saturated heterocycles. The third kappa shape index (κ3) is 9.84. The van der Waals surface area contributed by atoms with Gasteiger partial charge < -0.3 is 14.9 Å². The Bertz CT molecular complexity index is 655. The molecule has 0 aliphatic carbocycles. The van der Waals surface area contributed by atoms with Crippen LogP contribution in [0.4, 0.5) is 4.79 Å². The lowest BCUT2D eigenvalue weighted by Crippen LogP contribution is -2.48. The zero-order valence-electron chi connectivity index (χ0n) is 15.6. The van der Waals surface area contributed by atoms with Crippen molar-refractivity contribution in [1.82, 2.24) is 10.8 Å². The normalized spacial score (nSPS) is 11.2. The highest BCUT2D eigenvalue weighted by Gasteiger charge is 2.23. The molecular formula is C19H25N3O5. The van der Waals surface area contributed by atoms with E-state index < -0.39 is 24.0 Å². The molecule has 0 bridgehead atoms. The molecule has 0 unspecified atom stereocenters. The molecule has 1 aromatic carbocycles. The molecule has 0 aliphatic heterocycles. The Morgan fingerprint density at radius 2 is 1.89 bits per heavy atom. The molecule has 27 heavy (non-hydrogen) atoms. The largest absolute Gasteiger partial charge is 0.445 e. The van der Waals surface area contributed by atoms with E-state index in [-0.39, 0.29) is 25.4 Å². The van der Waals surface area contributed by atoms with Crippen molar-refractivity contribution in [3.05, 3.63) is 35.9 Å². The highest BCUT2D eigenvalue weighted by Crippen LogP contribution is 2.07. The molecule has 8 nitrogen and oxygen atoms in total. The van der Waals surface area contributed by atoms with Crippen LogP contribution < -0.4 is 10.8 Å². The van der Waals surface area contributed by atoms with E-state index in [1.54, 1.807) is 0 Å². The van der Waals surface area contributed by atoms with E-state index in [2.05, 4.69) is 15.6 Å². The van der Waals surface area contributed by atoms with Crippen LogP contribution in [0.5, 0.6) is 0 Å². The number of unbranched alkanes of at least 4 members (excludes halogenated alkanes) is 1. The Morgan fingerprint density at radius 1 is 1.19 bits per heavy atom. The molecule has 0 aromatic heterocycles. The number of alkyl carbamates (subject to hydrolysis) is 1. The Labute approximate surface area is 158 Å². The van der Waals surface area contributed by atoms with Crippen molar-refractivity contribution < 1.29 is 24.0 Å². The van der Waals surface area contributed by atoms with E-state index in [1.165, 1.54) is 0 Å². The number of nitriles is 1. The number of amides is 2. The number of hydrogen-bond donors (Lipinski definition) is 2. The maximum atomic E-state index is 12.2. The SMILES string of the molecule is CC(C)C[C@H](NC(=O)OCc1ccccc1)C(=O)NOC(=O)CCCC#N. The lowest BCUT2D eigenvalue weighted by molar-refractivity contribution is -0.159. The first-order valence-electron chi connectivity index (χ1n) is 8.76. The second-order valence-corrected chi connectivity index (χ2v) is 6.34. The summed E-state index contributed by atoms with van der Waals surface area (Å²) in [4.78, 5) is 40.4. The van der Waals surface area contributed by atoms with Crippen LogP contribution >= 0.6 is 0 Å². The van der Waals surface area contributed by atoms with Gasteiger partial charge in [-0.3, -0.25) is 4.79 Å². The molecule has 2 amide bonds. The summed E-state index contributed by atoms with van der Waals surface area (Å²) in [6.07, 6.45) is 0.214. The average molecular weight is 375 g/mol. The smallest absolute Gasteiger partial charge is 0.408 e. The van der Waals surface area contributed by atoms with Gasteiger partial charge in [0.2, 0.25) is 0 Å². The summed E-state index contributed by atoms with van der Waals surface area (Å²) < 4.78 is 5.11. The predicted molar refractivity (Wildman–Crippen MR) is 96.7 cm³/mol. The molecule has 0 fully saturated rings. The molecular weight excluding hydrogens is 350 g/mol. The number of carbonyl (C=O) groups is 3. The van der Waals surface area contributed by atoms with Crippen LogP contribution in [0.15, 0.2) is 30.3 Å². The number of ether oxygens (including phenoxy) is 1. The molecule has 2 N–H and O–H groups in total. The van der Waals surface area contributed by atoms with Crippen LogP contribution in [-0.2, 0) is 25.8 Å². The van der Waals surface area contributed by atoms with Crippen LogP contribution in [0.2, 0.25) is 0 Å². The number of carbonyl (C=O) groups excluding carboxylic acids is 3. The molecule has 0 spiro atoms. The van der Waals surface area contributed by atoms with Crippen molar-refractivity contribution >= 4 is 18.0 Å². The summed E-state index contributed by atoms with van der Waals surface area (Å²) in [7, 11) is 0. The zero-order chi connectivity index (χ0) is 20.1. The van der Waals surface area contributed by atoms with Gasteiger partial charge in [0.25, 0.3) is 5.91 Å². The number of nitrogens with one attached hydrogen (secondary N) is 2. The molecule has 0 aliphatic rings. The van der Waals surface area contributed by atoms with Crippen LogP contribution in [0.25, 0.3) is 0 Å². The van der Waals surface area contributed by atoms with Gasteiger partial charge in [-0.1, -0.05) is 44.2 Å². The Kier molecular flexibility index (Phi) is 10.0. The predicted octanol–water partition coefficient (Wildman–Crippen LogP) is 2.60. The summed E-state index contributed by atoms with van der Waals surface area (Å²) in [5.41, 5.74) is 2.88. The van der Waals surface area contributed by atoms with Gasteiger partial charge in [-0.05, 0) is 24.3 Å². The Hall–Kier alpha value is -3.08. The average Bonchev–Trinajstić information content (AvgIpc) is 2.64. The third-order valence-electron chi connectivity index (χ3n) is 3.46. The van der Waals surface area contributed by atoms with Crippen molar-refractivity contribution in [2.45, 2.75) is 52.2 Å². The van der Waals surface area contributed by atoms with Gasteiger partial charge in [0, 0.05) is 12.8 Å². The molecule has 1 atom stereocenters. The van der Waals surface area contributed by atoms with Crippen molar-refractivity contribution in [2.75, 3.05) is 0 Å². The lowest BCUT2D eigenvalue weighted by atomic mass is 10.0. The lowest BCUT2D eigenvalue weighted by Gasteiger charge is -2.19. The summed E-state index contributed by atoms with van der Waals surface area (Å²) in [5.74, 6) is -1.18. The molecule has 0 saturated carbocycles. The Balaban J connectivity index is 2.48. The van der Waals surface area contributed by atoms with E-state index in [1.807, 2.05) is 50.2 Å². The van der Waals surface area contributed by atoms with Gasteiger partial charge in [-0.25, -0.2) is 9.59 Å². The fraction of sp³-hybridized carbons (Fsp3) is 0.474. The van der Waals surface area contributed by atoms with Crippen LogP contribution in [-0.4, -0.2) is 24.0 Å². The minimum absolute atomic E-state index is 0.0230. The van der Waals surface area contributed by atoms with Gasteiger partial charge in [0.1, 0.15) is 12.6 Å². The van der Waals surface area contributed by atoms with Crippen molar-refractivity contribution in [1.29, 1.82) is 5.26 Å². The number of hydroxylamine groups is 1. The number of hydrogen-bond acceptors (Lipinski definition) is 6. The third-order valence-corrected chi connectivity index (χ3v) is 3.46. The van der Waals surface area contributed by atoms with E-state index >= 15 is 0 Å². The fourth-order valence-electron chi connectivity index (χ4n) is 2.15. The van der Waals surface area contributed by atoms with E-state index in [0.717, 1.165) is 5.56 Å². The maximum Gasteiger partial charge on any atom is 0.408 e. The highest BCUT2D eigenvalue weighted by molar-refractivity contribution is 5.86. The summed E-state index contributed by atoms with van der Waals surface area (Å²) >= 11 is 0. The summed E-state index contributed by atoms with van der Waals surface area (Å²) in [6.45, 7) is 3.87. The summed E-state index contributed by atoms with van der Waals surface area (Å²) in [6, 6.07) is 10.2. The standard InChI is InChI=1S/C19H25N3O5/c1-14(2)12-16(18(24)22-27-17(23)10-6-7-11-20)21-19(25)26-13-15-8-4-3-5-9-15/h3-5,8-9,14,16H,6-7,10,12-13H2,1-2H3,(H,21,25)(H,22,24)/t16-/m0/s1. The number of nitrogens with zero attached hydrogens (tertiary/aromatic N) is 1. The zero-order valence-corrected chi connectivity index (χ0v) is 15.6. The molecule has 1 rings (SSSR count). The first-order valence-corrected chi connectivity index (χ1v) is 8.76. The fourth-order valence-corrected chi connectivity index (χ4v) is 2.15. The Morgan fingerprint density at radius 3 is 2.52 bits per heavy atom. The van der Waals surface area contributed by atoms with Crippen LogP contribution in [0.1, 0.15) is 45.1 Å². The van der Waals surface area contributed by atoms with Crippen LogP contribution in [0, 0.1) is 17.2 Å². The topological polar surface area (TPSA) is 118 Å². The quantitative estimate of drug-likeness (QED) is 0.506. The monoisotopic (exact) mass is 375 g/mol. The van der Waals surface area contributed by atoms with Crippen molar-refractivity contribution in [2.24, 2.45) is 5.92 Å². The summed E-state index contributed by atoms with van der Waals surface area (Å²) in [5, 5.41) is 10.9. The first kappa shape index (κ1) is 22.0. The second kappa shape index (κ2) is 12.3. The molecule has 146 valence electrons. The molecule has 0 radical (unpaired) electrons. The first-order chi connectivity index (χ1) is 12.9.